The number of nitrogens with zero attached hydrogens (tertiary/aromatic N) is 4. The smallest absolute Gasteiger partial charge is 0.156 e. The van der Waals surface area contributed by atoms with Gasteiger partial charge in [0, 0.05) is 6.42 Å². The molecule has 2 rings (SSSR count). The van der Waals surface area contributed by atoms with E-state index in [1.807, 2.05) is 0 Å². The van der Waals surface area contributed by atoms with Crippen LogP contribution in [0.15, 0.2) is 6.33 Å². The minimum atomic E-state index is -0.812. The van der Waals surface area contributed by atoms with Crippen molar-refractivity contribution in [2.24, 2.45) is 0 Å². The largest absolute Gasteiger partial charge is 0.390 e. The second-order valence-electron chi connectivity index (χ2n) is 2.95. The van der Waals surface area contributed by atoms with Crippen LogP contribution in [-0.4, -0.2) is 49.2 Å². The van der Waals surface area contributed by atoms with Crippen LogP contribution < -0.4 is 0 Å². The summed E-state index contributed by atoms with van der Waals surface area (Å²) in [6, 6.07) is 0. The molecule has 1 saturated heterocycles. The van der Waals surface area contributed by atoms with Crippen LogP contribution in [0.25, 0.3) is 0 Å². The van der Waals surface area contributed by atoms with Gasteiger partial charge in [0.05, 0.1) is 12.7 Å². The molecule has 0 aromatic carbocycles. The Morgan fingerprint density at radius 3 is 2.85 bits per heavy atom. The average molecular weight is 186 g/mol. The Kier molecular flexibility index (Phi) is 2.21. The first kappa shape index (κ1) is 8.54. The maximum atomic E-state index is 9.33. The van der Waals surface area contributed by atoms with Crippen LogP contribution in [0.1, 0.15) is 12.6 Å². The topological polar surface area (TPSA) is 93.3 Å². The van der Waals surface area contributed by atoms with E-state index < -0.39 is 12.2 Å². The van der Waals surface area contributed by atoms with Crippen LogP contribution in [-0.2, 0) is 4.74 Å². The molecule has 1 aromatic rings. The zero-order valence-electron chi connectivity index (χ0n) is 6.82. The van der Waals surface area contributed by atoms with Crippen molar-refractivity contribution in [3.8, 4) is 0 Å². The van der Waals surface area contributed by atoms with Gasteiger partial charge in [-0.05, 0) is 10.4 Å². The molecule has 0 amide bonds. The highest BCUT2D eigenvalue weighted by atomic mass is 16.5. The SMILES string of the molecule is OC1COC(n2cnnn2)CC1O. The van der Waals surface area contributed by atoms with Crippen molar-refractivity contribution < 1.29 is 14.9 Å². The van der Waals surface area contributed by atoms with E-state index >= 15 is 0 Å². The van der Waals surface area contributed by atoms with Gasteiger partial charge in [-0.2, -0.15) is 0 Å². The van der Waals surface area contributed by atoms with Crippen molar-refractivity contribution in [3.05, 3.63) is 6.33 Å². The molecule has 1 aromatic heterocycles. The van der Waals surface area contributed by atoms with Gasteiger partial charge in [0.25, 0.3) is 0 Å². The van der Waals surface area contributed by atoms with Gasteiger partial charge in [-0.15, -0.1) is 5.10 Å². The Labute approximate surface area is 73.9 Å². The summed E-state index contributed by atoms with van der Waals surface area (Å²) in [5, 5.41) is 29.0. The molecule has 7 nitrogen and oxygen atoms in total. The van der Waals surface area contributed by atoms with Crippen molar-refractivity contribution in [1.82, 2.24) is 20.2 Å². The van der Waals surface area contributed by atoms with Crippen LogP contribution in [0.5, 0.6) is 0 Å². The molecule has 0 saturated carbocycles. The molecule has 1 aliphatic heterocycles. The number of aliphatic hydroxyl groups is 2. The Morgan fingerprint density at radius 2 is 2.23 bits per heavy atom. The zero-order valence-corrected chi connectivity index (χ0v) is 6.82. The molecular weight excluding hydrogens is 176 g/mol. The molecule has 7 heteroatoms. The van der Waals surface area contributed by atoms with Crippen molar-refractivity contribution >= 4 is 0 Å². The lowest BCUT2D eigenvalue weighted by atomic mass is 10.1. The van der Waals surface area contributed by atoms with Gasteiger partial charge in [0.1, 0.15) is 12.4 Å². The standard InChI is InChI=1S/C6H10N4O3/c11-4-1-6(13-2-5(4)12)10-3-7-8-9-10/h3-6,11-12H,1-2H2. The van der Waals surface area contributed by atoms with E-state index in [2.05, 4.69) is 15.5 Å². The third-order valence-electron chi connectivity index (χ3n) is 2.01. The van der Waals surface area contributed by atoms with E-state index in [9.17, 15) is 5.11 Å². The zero-order chi connectivity index (χ0) is 9.26. The van der Waals surface area contributed by atoms with Gasteiger partial charge >= 0.3 is 0 Å². The quantitative estimate of drug-likeness (QED) is 0.543. The summed E-state index contributed by atoms with van der Waals surface area (Å²) in [4.78, 5) is 0. The minimum absolute atomic E-state index is 0.103. The van der Waals surface area contributed by atoms with Crippen molar-refractivity contribution in [1.29, 1.82) is 0 Å². The van der Waals surface area contributed by atoms with Crippen LogP contribution in [0, 0.1) is 0 Å². The number of aromatic nitrogens is 4. The molecule has 2 heterocycles. The van der Waals surface area contributed by atoms with E-state index in [0.717, 1.165) is 0 Å². The molecular formula is C6H10N4O3. The third kappa shape index (κ3) is 1.67. The highest BCUT2D eigenvalue weighted by molar-refractivity contribution is 4.75. The lowest BCUT2D eigenvalue weighted by molar-refractivity contribution is -0.149. The van der Waals surface area contributed by atoms with E-state index in [4.69, 9.17) is 9.84 Å². The number of rotatable bonds is 1. The number of hydrogen-bond acceptors (Lipinski definition) is 6. The fraction of sp³-hybridized carbons (Fsp3) is 0.833. The number of aliphatic hydroxyl groups excluding tert-OH is 2. The second kappa shape index (κ2) is 3.36. The summed E-state index contributed by atoms with van der Waals surface area (Å²) in [7, 11) is 0. The fourth-order valence-corrected chi connectivity index (χ4v) is 1.24. The third-order valence-corrected chi connectivity index (χ3v) is 2.01. The highest BCUT2D eigenvalue weighted by Crippen LogP contribution is 2.21. The lowest BCUT2D eigenvalue weighted by Crippen LogP contribution is -2.39. The Hall–Kier alpha value is -1.05. The molecule has 0 spiro atoms. The first-order valence-electron chi connectivity index (χ1n) is 3.97. The molecule has 3 unspecified atom stereocenters. The maximum absolute atomic E-state index is 9.33. The Morgan fingerprint density at radius 1 is 1.38 bits per heavy atom. The molecule has 0 radical (unpaired) electrons. The number of ether oxygens (including phenoxy) is 1. The lowest BCUT2D eigenvalue weighted by Gasteiger charge is -2.29. The summed E-state index contributed by atoms with van der Waals surface area (Å²) in [6.07, 6.45) is -0.259. The predicted octanol–water partition coefficient (Wildman–Crippen LogP) is -1.69. The Balaban J connectivity index is 2.03. The monoisotopic (exact) mass is 186 g/mol. The van der Waals surface area contributed by atoms with Gasteiger partial charge in [0.15, 0.2) is 6.23 Å². The second-order valence-corrected chi connectivity index (χ2v) is 2.95. The van der Waals surface area contributed by atoms with Crippen molar-refractivity contribution in [2.45, 2.75) is 24.9 Å². The molecule has 1 fully saturated rings. The van der Waals surface area contributed by atoms with Crippen molar-refractivity contribution in [2.75, 3.05) is 6.61 Å². The molecule has 0 bridgehead atoms. The van der Waals surface area contributed by atoms with E-state index in [0.29, 0.717) is 6.42 Å². The first-order valence-corrected chi connectivity index (χ1v) is 3.97. The van der Waals surface area contributed by atoms with E-state index in [-0.39, 0.29) is 12.8 Å². The average Bonchev–Trinajstić information content (AvgIpc) is 2.62. The molecule has 13 heavy (non-hydrogen) atoms. The summed E-state index contributed by atoms with van der Waals surface area (Å²) in [5.41, 5.74) is 0. The van der Waals surface area contributed by atoms with Crippen LogP contribution in [0.4, 0.5) is 0 Å². The summed E-state index contributed by atoms with van der Waals surface area (Å²) < 4.78 is 6.63. The fourth-order valence-electron chi connectivity index (χ4n) is 1.24. The molecule has 2 N–H and O–H groups in total. The van der Waals surface area contributed by atoms with E-state index in [1.54, 1.807) is 0 Å². The van der Waals surface area contributed by atoms with Crippen LogP contribution in [0.2, 0.25) is 0 Å². The first-order chi connectivity index (χ1) is 6.27. The molecule has 3 atom stereocenters. The molecule has 1 aliphatic rings. The summed E-state index contributed by atoms with van der Waals surface area (Å²) >= 11 is 0. The summed E-state index contributed by atoms with van der Waals surface area (Å²) in [6.45, 7) is 0.103. The van der Waals surface area contributed by atoms with Crippen LogP contribution in [0.3, 0.4) is 0 Å². The normalized spacial score (nSPS) is 34.8. The molecule has 0 aliphatic carbocycles. The van der Waals surface area contributed by atoms with Gasteiger partial charge in [-0.3, -0.25) is 0 Å². The highest BCUT2D eigenvalue weighted by Gasteiger charge is 2.29. The van der Waals surface area contributed by atoms with Crippen molar-refractivity contribution in [3.63, 3.8) is 0 Å². The molecule has 72 valence electrons. The minimum Gasteiger partial charge on any atom is -0.390 e. The summed E-state index contributed by atoms with van der Waals surface area (Å²) in [5.74, 6) is 0. The number of tetrazole rings is 1. The Bertz CT molecular complexity index is 265. The van der Waals surface area contributed by atoms with Crippen LogP contribution >= 0.6 is 0 Å². The maximum Gasteiger partial charge on any atom is 0.156 e. The van der Waals surface area contributed by atoms with Gasteiger partial charge in [-0.25, -0.2) is 4.68 Å². The van der Waals surface area contributed by atoms with E-state index in [1.165, 1.54) is 11.0 Å². The predicted molar refractivity (Wildman–Crippen MR) is 39.4 cm³/mol. The van der Waals surface area contributed by atoms with Gasteiger partial charge in [-0.1, -0.05) is 0 Å². The van der Waals surface area contributed by atoms with Gasteiger partial charge < -0.3 is 14.9 Å². The van der Waals surface area contributed by atoms with Gasteiger partial charge in [0.2, 0.25) is 0 Å². The number of hydrogen-bond donors (Lipinski definition) is 2.